The Labute approximate surface area is 108 Å². The summed E-state index contributed by atoms with van der Waals surface area (Å²) in [5.41, 5.74) is -6.02. The van der Waals surface area contributed by atoms with E-state index in [0.29, 0.717) is 0 Å². The van der Waals surface area contributed by atoms with Gasteiger partial charge in [0.25, 0.3) is 0 Å². The van der Waals surface area contributed by atoms with E-state index in [1.165, 1.54) is 16.0 Å². The summed E-state index contributed by atoms with van der Waals surface area (Å²) in [6.45, 7) is 0. The van der Waals surface area contributed by atoms with E-state index in [4.69, 9.17) is 0 Å². The molecule has 0 atom stereocenters. The van der Waals surface area contributed by atoms with Crippen LogP contribution < -0.4 is 4.46 Å². The standard InChI is InChI=1S/C9H2F9Se/c10-7(11,12)3-1-4(8(13,14)15)6(19)5(2-3)9(16,17)18/h1-2H. The molecule has 0 amide bonds. The Hall–Kier alpha value is -0.891. The van der Waals surface area contributed by atoms with Gasteiger partial charge in [-0.15, -0.1) is 0 Å². The number of rotatable bonds is 0. The third-order valence-corrected chi connectivity index (χ3v) is 2.95. The van der Waals surface area contributed by atoms with Crippen LogP contribution in [-0.2, 0) is 18.5 Å². The fourth-order valence-corrected chi connectivity index (χ4v) is 1.95. The molecule has 0 heterocycles. The predicted octanol–water partition coefficient (Wildman–Crippen LogP) is 3.54. The molecule has 0 nitrogen and oxygen atoms in total. The van der Waals surface area contributed by atoms with Crippen molar-refractivity contribution in [3.05, 3.63) is 28.8 Å². The summed E-state index contributed by atoms with van der Waals surface area (Å²) in [5, 5.41) is 0. The van der Waals surface area contributed by atoms with Gasteiger partial charge in [0, 0.05) is 0 Å². The first-order valence-corrected chi connectivity index (χ1v) is 5.17. The van der Waals surface area contributed by atoms with Crippen molar-refractivity contribution in [2.24, 2.45) is 0 Å². The van der Waals surface area contributed by atoms with Crippen LogP contribution >= 0.6 is 0 Å². The maximum absolute atomic E-state index is 12.4. The number of benzene rings is 1. The molecular weight excluding hydrogens is 358 g/mol. The molecule has 10 heteroatoms. The van der Waals surface area contributed by atoms with E-state index in [1.54, 1.807) is 0 Å². The molecule has 0 aliphatic carbocycles. The van der Waals surface area contributed by atoms with E-state index < -0.39 is 39.7 Å². The molecule has 0 bridgehead atoms. The van der Waals surface area contributed by atoms with Crippen molar-refractivity contribution in [1.29, 1.82) is 0 Å². The van der Waals surface area contributed by atoms with Gasteiger partial charge in [-0.1, -0.05) is 0 Å². The second-order valence-electron chi connectivity index (χ2n) is 3.39. The molecule has 0 aromatic heterocycles. The molecule has 0 aliphatic heterocycles. The first-order chi connectivity index (χ1) is 8.24. The average Bonchev–Trinajstić information content (AvgIpc) is 2.11. The molecule has 0 spiro atoms. The Balaban J connectivity index is 3.68. The molecular formula is C9H2F9Se. The Morgan fingerprint density at radius 1 is 0.632 bits per heavy atom. The van der Waals surface area contributed by atoms with Crippen LogP contribution in [-0.4, -0.2) is 16.0 Å². The minimum atomic E-state index is -5.33. The fourth-order valence-electron chi connectivity index (χ4n) is 1.21. The third-order valence-electron chi connectivity index (χ3n) is 2.03. The van der Waals surface area contributed by atoms with Crippen molar-refractivity contribution in [2.45, 2.75) is 18.5 Å². The van der Waals surface area contributed by atoms with Crippen LogP contribution in [0.5, 0.6) is 0 Å². The zero-order chi connectivity index (χ0) is 15.2. The van der Waals surface area contributed by atoms with Gasteiger partial charge in [-0.05, 0) is 0 Å². The van der Waals surface area contributed by atoms with Crippen molar-refractivity contribution < 1.29 is 39.5 Å². The molecule has 1 rings (SSSR count). The van der Waals surface area contributed by atoms with E-state index >= 15 is 0 Å². The minimum absolute atomic E-state index is 0.360. The molecule has 0 N–H and O–H groups in total. The van der Waals surface area contributed by atoms with Crippen LogP contribution in [0, 0.1) is 0 Å². The first kappa shape index (κ1) is 16.2. The van der Waals surface area contributed by atoms with E-state index in [-0.39, 0.29) is 12.1 Å². The van der Waals surface area contributed by atoms with Gasteiger partial charge in [-0.25, -0.2) is 0 Å². The van der Waals surface area contributed by atoms with Gasteiger partial charge in [0.1, 0.15) is 0 Å². The summed E-state index contributed by atoms with van der Waals surface area (Å²) in [7, 11) is 0. The maximum atomic E-state index is 12.4. The molecule has 107 valence electrons. The van der Waals surface area contributed by atoms with Crippen LogP contribution in [0.25, 0.3) is 0 Å². The number of hydrogen-bond acceptors (Lipinski definition) is 0. The predicted molar refractivity (Wildman–Crippen MR) is 46.8 cm³/mol. The Kier molecular flexibility index (Phi) is 3.90. The Morgan fingerprint density at radius 2 is 0.947 bits per heavy atom. The molecule has 1 aromatic rings. The molecule has 0 unspecified atom stereocenters. The van der Waals surface area contributed by atoms with Crippen molar-refractivity contribution in [3.8, 4) is 0 Å². The summed E-state index contributed by atoms with van der Waals surface area (Å²) in [6, 6.07) is -0.720. The van der Waals surface area contributed by atoms with Gasteiger partial charge in [-0.2, -0.15) is 0 Å². The average molecular weight is 360 g/mol. The van der Waals surface area contributed by atoms with Crippen LogP contribution in [0.15, 0.2) is 12.1 Å². The van der Waals surface area contributed by atoms with Gasteiger partial charge in [0.2, 0.25) is 0 Å². The SMILES string of the molecule is FC(F)(F)c1cc(C(F)(F)F)c([Se])c(C(F)(F)F)c1. The number of alkyl halides is 9. The van der Waals surface area contributed by atoms with Crippen molar-refractivity contribution in [1.82, 2.24) is 0 Å². The summed E-state index contributed by atoms with van der Waals surface area (Å²) < 4.78 is 110. The normalized spacial score (nSPS) is 13.7. The first-order valence-electron chi connectivity index (χ1n) is 4.31. The van der Waals surface area contributed by atoms with Crippen LogP contribution in [0.2, 0.25) is 0 Å². The van der Waals surface area contributed by atoms with Crippen molar-refractivity contribution in [3.63, 3.8) is 0 Å². The van der Waals surface area contributed by atoms with Gasteiger partial charge in [-0.3, -0.25) is 0 Å². The van der Waals surface area contributed by atoms with Gasteiger partial charge in [0.15, 0.2) is 0 Å². The quantitative estimate of drug-likeness (QED) is 0.491. The summed E-state index contributed by atoms with van der Waals surface area (Å²) in [4.78, 5) is 0. The van der Waals surface area contributed by atoms with E-state index in [9.17, 15) is 39.5 Å². The second-order valence-corrected chi connectivity index (χ2v) is 4.25. The van der Waals surface area contributed by atoms with Gasteiger partial charge in [0.05, 0.1) is 0 Å². The number of halogens is 9. The molecule has 19 heavy (non-hydrogen) atoms. The molecule has 0 aliphatic rings. The zero-order valence-corrected chi connectivity index (χ0v) is 10.2. The molecule has 0 saturated carbocycles. The van der Waals surface area contributed by atoms with E-state index in [0.717, 1.165) is 0 Å². The molecule has 0 saturated heterocycles. The monoisotopic (exact) mass is 361 g/mol. The van der Waals surface area contributed by atoms with Crippen LogP contribution in [0.4, 0.5) is 39.5 Å². The van der Waals surface area contributed by atoms with Gasteiger partial charge < -0.3 is 0 Å². The molecule has 1 radical (unpaired) electrons. The molecule has 0 fully saturated rings. The van der Waals surface area contributed by atoms with E-state index in [2.05, 4.69) is 0 Å². The van der Waals surface area contributed by atoms with Crippen molar-refractivity contribution in [2.75, 3.05) is 0 Å². The Morgan fingerprint density at radius 3 is 1.16 bits per heavy atom. The summed E-state index contributed by atoms with van der Waals surface area (Å²) in [5.74, 6) is 0. The summed E-state index contributed by atoms with van der Waals surface area (Å²) >= 11 is 1.52. The third kappa shape index (κ3) is 3.56. The number of hydrogen-bond donors (Lipinski definition) is 0. The van der Waals surface area contributed by atoms with Crippen molar-refractivity contribution >= 4 is 20.5 Å². The zero-order valence-electron chi connectivity index (χ0n) is 8.46. The second kappa shape index (κ2) is 4.59. The van der Waals surface area contributed by atoms with Gasteiger partial charge >= 0.3 is 107 Å². The van der Waals surface area contributed by atoms with E-state index in [1.807, 2.05) is 0 Å². The Bertz CT molecular complexity index is 445. The summed E-state index contributed by atoms with van der Waals surface area (Å²) in [6.07, 6.45) is -16.0. The molecule has 1 aromatic carbocycles. The topological polar surface area (TPSA) is 0 Å². The van der Waals surface area contributed by atoms with Crippen LogP contribution in [0.3, 0.4) is 0 Å². The van der Waals surface area contributed by atoms with Crippen LogP contribution in [0.1, 0.15) is 16.7 Å². The fraction of sp³-hybridized carbons (Fsp3) is 0.333.